The molecule has 0 aliphatic carbocycles. The molecule has 1 aromatic carbocycles. The number of nitrogens with zero attached hydrogens (tertiary/aromatic N) is 2. The van der Waals surface area contributed by atoms with E-state index < -0.39 is 61.9 Å². The topological polar surface area (TPSA) is 160 Å². The van der Waals surface area contributed by atoms with Gasteiger partial charge in [-0.3, -0.25) is 18.5 Å². The van der Waals surface area contributed by atoms with Crippen LogP contribution in [0.3, 0.4) is 0 Å². The Morgan fingerprint density at radius 1 is 1.19 bits per heavy atom. The van der Waals surface area contributed by atoms with Gasteiger partial charge in [0.25, 0.3) is 5.56 Å². The van der Waals surface area contributed by atoms with E-state index in [1.54, 1.807) is 22.6 Å². The van der Waals surface area contributed by atoms with Gasteiger partial charge < -0.3 is 24.7 Å². The summed E-state index contributed by atoms with van der Waals surface area (Å²) in [6.45, 7) is -1.04. The summed E-state index contributed by atoms with van der Waals surface area (Å²) < 4.78 is 49.1. The number of halogens is 3. The number of ether oxygens (including phenoxy) is 1. The van der Waals surface area contributed by atoms with Gasteiger partial charge >= 0.3 is 13.5 Å². The Morgan fingerprint density at radius 2 is 1.88 bits per heavy atom. The van der Waals surface area contributed by atoms with Crippen LogP contribution in [0.5, 0.6) is 0 Å². The molecule has 1 aliphatic heterocycles. The van der Waals surface area contributed by atoms with Gasteiger partial charge in [-0.25, -0.2) is 18.1 Å². The van der Waals surface area contributed by atoms with Crippen LogP contribution in [0.4, 0.5) is 8.78 Å². The maximum absolute atomic E-state index is 13.9. The molecule has 176 valence electrons. The molecule has 0 spiro atoms. The van der Waals surface area contributed by atoms with Crippen molar-refractivity contribution in [3.05, 3.63) is 66.0 Å². The minimum absolute atomic E-state index is 0.0435. The lowest BCUT2D eigenvalue weighted by molar-refractivity contribution is -0.0550. The van der Waals surface area contributed by atoms with Crippen molar-refractivity contribution in [1.82, 2.24) is 9.13 Å². The van der Waals surface area contributed by atoms with Crippen molar-refractivity contribution in [3.8, 4) is 0 Å². The van der Waals surface area contributed by atoms with E-state index in [4.69, 9.17) is 14.5 Å². The van der Waals surface area contributed by atoms with Crippen molar-refractivity contribution in [1.29, 1.82) is 0 Å². The van der Waals surface area contributed by atoms with Gasteiger partial charge in [-0.2, -0.15) is 0 Å². The fraction of sp³-hybridized carbons (Fsp3) is 0.412. The van der Waals surface area contributed by atoms with E-state index in [0.29, 0.717) is 6.07 Å². The highest BCUT2D eigenvalue weighted by Crippen LogP contribution is 2.38. The van der Waals surface area contributed by atoms with Crippen LogP contribution in [0.25, 0.3) is 0 Å². The standard InChI is InChI=1S/C17H18F2IN2O9P/c18-9-2-1-8(10(19)5-9)3-4-21-15(25)11(20)6-22(17(21)26)16-14(24)13(23)12(31-16)7-30-32(27,28)29/h1-2,5-6,12-14,16,23-24H,3-4,7H2,(H2,27,28,29)/t12-,13+,14?,16-/m1/s1. The predicted molar refractivity (Wildman–Crippen MR) is 112 cm³/mol. The van der Waals surface area contributed by atoms with Gasteiger partial charge in [0.15, 0.2) is 6.23 Å². The minimum Gasteiger partial charge on any atom is -0.387 e. The number of rotatable bonds is 7. The molecular formula is C17H18F2IN2O9P. The largest absolute Gasteiger partial charge is 0.469 e. The van der Waals surface area contributed by atoms with Gasteiger partial charge in [0.1, 0.15) is 29.9 Å². The summed E-state index contributed by atoms with van der Waals surface area (Å²) in [7, 11) is -4.88. The number of aryl methyl sites for hydroxylation is 1. The van der Waals surface area contributed by atoms with Crippen LogP contribution >= 0.6 is 30.4 Å². The molecule has 4 atom stereocenters. The summed E-state index contributed by atoms with van der Waals surface area (Å²) in [5.74, 6) is -1.61. The molecule has 32 heavy (non-hydrogen) atoms. The second-order valence-electron chi connectivity index (χ2n) is 6.94. The van der Waals surface area contributed by atoms with E-state index in [-0.39, 0.29) is 22.1 Å². The van der Waals surface area contributed by atoms with Crippen molar-refractivity contribution < 1.29 is 42.6 Å². The van der Waals surface area contributed by atoms with Gasteiger partial charge in [-0.15, -0.1) is 0 Å². The first-order valence-corrected chi connectivity index (χ1v) is 11.7. The summed E-state index contributed by atoms with van der Waals surface area (Å²) in [6, 6.07) is 2.90. The first-order valence-electron chi connectivity index (χ1n) is 9.06. The van der Waals surface area contributed by atoms with Crippen molar-refractivity contribution in [2.24, 2.45) is 0 Å². The molecular weight excluding hydrogens is 572 g/mol. The van der Waals surface area contributed by atoms with Gasteiger partial charge in [-0.05, 0) is 40.6 Å². The van der Waals surface area contributed by atoms with Crippen molar-refractivity contribution in [2.75, 3.05) is 6.61 Å². The van der Waals surface area contributed by atoms with E-state index in [1.165, 1.54) is 6.07 Å². The van der Waals surface area contributed by atoms with Crippen LogP contribution < -0.4 is 11.2 Å². The van der Waals surface area contributed by atoms with E-state index in [2.05, 4.69) is 4.52 Å². The lowest BCUT2D eigenvalue weighted by atomic mass is 10.1. The molecule has 4 N–H and O–H groups in total. The maximum atomic E-state index is 13.9. The van der Waals surface area contributed by atoms with Crippen LogP contribution in [-0.2, 0) is 26.8 Å². The molecule has 1 aromatic heterocycles. The Balaban J connectivity index is 1.88. The minimum atomic E-state index is -4.88. The average molecular weight is 590 g/mol. The van der Waals surface area contributed by atoms with Crippen LogP contribution in [0, 0.1) is 15.2 Å². The van der Waals surface area contributed by atoms with E-state index in [9.17, 15) is 33.1 Å². The van der Waals surface area contributed by atoms with Gasteiger partial charge in [-0.1, -0.05) is 6.07 Å². The van der Waals surface area contributed by atoms with Crippen molar-refractivity contribution >= 4 is 30.4 Å². The van der Waals surface area contributed by atoms with Gasteiger partial charge in [0.2, 0.25) is 0 Å². The Morgan fingerprint density at radius 3 is 2.50 bits per heavy atom. The molecule has 3 rings (SSSR count). The third-order valence-corrected chi connectivity index (χ3v) is 6.02. The van der Waals surface area contributed by atoms with E-state index in [1.807, 2.05) is 0 Å². The van der Waals surface area contributed by atoms with Crippen LogP contribution in [0.2, 0.25) is 0 Å². The summed E-state index contributed by atoms with van der Waals surface area (Å²) in [5, 5.41) is 20.4. The first kappa shape index (κ1) is 25.1. The molecule has 1 saturated heterocycles. The second-order valence-corrected chi connectivity index (χ2v) is 9.34. The zero-order valence-electron chi connectivity index (χ0n) is 16.0. The highest BCUT2D eigenvalue weighted by atomic mass is 127. The highest BCUT2D eigenvalue weighted by Gasteiger charge is 2.45. The van der Waals surface area contributed by atoms with Crippen molar-refractivity contribution in [2.45, 2.75) is 37.5 Å². The fourth-order valence-electron chi connectivity index (χ4n) is 3.19. The third-order valence-electron chi connectivity index (χ3n) is 4.79. The average Bonchev–Trinajstić information content (AvgIpc) is 2.98. The number of aliphatic hydroxyl groups excluding tert-OH is 2. The van der Waals surface area contributed by atoms with Gasteiger partial charge in [0.05, 0.1) is 10.2 Å². The summed E-state index contributed by atoms with van der Waals surface area (Å²) in [5.41, 5.74) is -1.56. The number of benzene rings is 1. The molecule has 2 heterocycles. The van der Waals surface area contributed by atoms with Crippen molar-refractivity contribution in [3.63, 3.8) is 0 Å². The SMILES string of the molecule is O=c1c(I)cn([C@@H]2O[C@H](COP(=O)(O)O)[C@H](O)C2O)c(=O)n1CCc1ccc(F)cc1F. The number of phosphoric acid groups is 1. The van der Waals surface area contributed by atoms with E-state index >= 15 is 0 Å². The fourth-order valence-corrected chi connectivity index (χ4v) is 4.12. The second kappa shape index (κ2) is 9.77. The Hall–Kier alpha value is -1.52. The van der Waals surface area contributed by atoms with Crippen LogP contribution in [0.1, 0.15) is 11.8 Å². The highest BCUT2D eigenvalue weighted by molar-refractivity contribution is 14.1. The Kier molecular flexibility index (Phi) is 7.66. The smallest absolute Gasteiger partial charge is 0.387 e. The molecule has 15 heteroatoms. The summed E-state index contributed by atoms with van der Waals surface area (Å²) in [4.78, 5) is 43.0. The molecule has 0 amide bonds. The summed E-state index contributed by atoms with van der Waals surface area (Å²) in [6.07, 6.45) is -5.23. The molecule has 0 radical (unpaired) electrons. The normalized spacial score (nSPS) is 23.6. The summed E-state index contributed by atoms with van der Waals surface area (Å²) >= 11 is 1.64. The molecule has 1 fully saturated rings. The Bertz CT molecular complexity index is 1170. The first-order chi connectivity index (χ1) is 14.9. The third kappa shape index (κ3) is 5.51. The predicted octanol–water partition coefficient (Wildman–Crippen LogP) is -0.136. The lowest BCUT2D eigenvalue weighted by Crippen LogP contribution is -2.44. The number of aromatic nitrogens is 2. The lowest BCUT2D eigenvalue weighted by Gasteiger charge is -2.19. The number of hydrogen-bond donors (Lipinski definition) is 4. The van der Waals surface area contributed by atoms with Gasteiger partial charge in [0, 0.05) is 18.8 Å². The monoisotopic (exact) mass is 590 g/mol. The maximum Gasteiger partial charge on any atom is 0.469 e. The molecule has 2 aromatic rings. The number of hydrogen-bond acceptors (Lipinski definition) is 7. The number of phosphoric ester groups is 1. The molecule has 11 nitrogen and oxygen atoms in total. The Labute approximate surface area is 192 Å². The zero-order chi connectivity index (χ0) is 23.8. The molecule has 1 aliphatic rings. The zero-order valence-corrected chi connectivity index (χ0v) is 19.1. The molecule has 0 saturated carbocycles. The number of aliphatic hydroxyl groups is 2. The quantitative estimate of drug-likeness (QED) is 0.254. The van der Waals surface area contributed by atoms with Crippen LogP contribution in [0.15, 0.2) is 34.0 Å². The molecule has 0 bridgehead atoms. The van der Waals surface area contributed by atoms with Crippen LogP contribution in [-0.4, -0.2) is 54.1 Å². The van der Waals surface area contributed by atoms with E-state index in [0.717, 1.165) is 21.4 Å². The molecule has 1 unspecified atom stereocenters.